The van der Waals surface area contributed by atoms with E-state index in [9.17, 15) is 0 Å². The van der Waals surface area contributed by atoms with E-state index in [0.717, 1.165) is 10.9 Å². The molecule has 1 aromatic rings. The summed E-state index contributed by atoms with van der Waals surface area (Å²) in [5.74, 6) is 5.49. The van der Waals surface area contributed by atoms with Gasteiger partial charge in [-0.05, 0) is 38.0 Å². The Morgan fingerprint density at radius 3 is 2.47 bits per heavy atom. The highest BCUT2D eigenvalue weighted by Gasteiger charge is 2.03. The van der Waals surface area contributed by atoms with Crippen molar-refractivity contribution in [2.45, 2.75) is 26.3 Å². The predicted molar refractivity (Wildman–Crippen MR) is 68.4 cm³/mol. The molecule has 3 heteroatoms. The fourth-order valence-electron chi connectivity index (χ4n) is 1.44. The summed E-state index contributed by atoms with van der Waals surface area (Å²) in [5.41, 5.74) is 5.36. The molecule has 0 aromatic heterocycles. The van der Waals surface area contributed by atoms with Crippen molar-refractivity contribution in [1.29, 1.82) is 0 Å². The summed E-state index contributed by atoms with van der Waals surface area (Å²) in [6, 6.07) is 8.51. The molecule has 3 N–H and O–H groups in total. The van der Waals surface area contributed by atoms with E-state index in [1.165, 1.54) is 11.1 Å². The van der Waals surface area contributed by atoms with Crippen LogP contribution in [0.4, 0.5) is 0 Å². The summed E-state index contributed by atoms with van der Waals surface area (Å²) in [5, 5.41) is 0. The zero-order valence-electron chi connectivity index (χ0n) is 9.13. The molecule has 2 nitrogen and oxygen atoms in total. The Morgan fingerprint density at radius 1 is 1.40 bits per heavy atom. The minimum Gasteiger partial charge on any atom is -0.271 e. The minimum absolute atomic E-state index is 0.205. The van der Waals surface area contributed by atoms with Crippen LogP contribution >= 0.6 is 15.9 Å². The first kappa shape index (κ1) is 12.4. The third-order valence-corrected chi connectivity index (χ3v) is 2.65. The molecule has 0 aliphatic carbocycles. The third kappa shape index (κ3) is 4.60. The van der Waals surface area contributed by atoms with Crippen LogP contribution in [0.25, 0.3) is 0 Å². The molecule has 0 saturated carbocycles. The Labute approximate surface area is 99.7 Å². The predicted octanol–water partition coefficient (Wildman–Crippen LogP) is 2.79. The van der Waals surface area contributed by atoms with Crippen molar-refractivity contribution in [2.75, 3.05) is 0 Å². The normalized spacial score (nSPS) is 12.3. The molecular formula is C12H17BrN2. The van der Waals surface area contributed by atoms with Crippen LogP contribution in [0.1, 0.15) is 19.4 Å². The lowest BCUT2D eigenvalue weighted by molar-refractivity contribution is 0.614. The Balaban J connectivity index is 2.67. The fourth-order valence-corrected chi connectivity index (χ4v) is 1.71. The quantitative estimate of drug-likeness (QED) is 0.501. The van der Waals surface area contributed by atoms with Crippen molar-refractivity contribution >= 4 is 15.9 Å². The number of nitrogens with one attached hydrogen (secondary N) is 1. The molecule has 0 heterocycles. The first-order valence-electron chi connectivity index (χ1n) is 4.97. The standard InChI is InChI=1S/C12H17BrN2/c1-9(2)7-12(15-14)8-10-3-5-11(13)6-4-10/h3-7,12,15H,8,14H2,1-2H3. The van der Waals surface area contributed by atoms with Crippen molar-refractivity contribution in [1.82, 2.24) is 5.43 Å². The van der Waals surface area contributed by atoms with E-state index in [-0.39, 0.29) is 6.04 Å². The van der Waals surface area contributed by atoms with Crippen molar-refractivity contribution in [3.63, 3.8) is 0 Å². The Kier molecular flexibility index (Phi) is 5.02. The number of benzene rings is 1. The van der Waals surface area contributed by atoms with Crippen LogP contribution in [0.3, 0.4) is 0 Å². The number of rotatable bonds is 4. The van der Waals surface area contributed by atoms with Crippen LogP contribution in [0.5, 0.6) is 0 Å². The van der Waals surface area contributed by atoms with Crippen molar-refractivity contribution in [3.8, 4) is 0 Å². The number of hydrogen-bond donors (Lipinski definition) is 2. The SMILES string of the molecule is CC(C)=CC(Cc1ccc(Br)cc1)NN. The van der Waals surface area contributed by atoms with Crippen LogP contribution in [-0.4, -0.2) is 6.04 Å². The molecule has 1 rings (SSSR count). The average molecular weight is 269 g/mol. The number of allylic oxidation sites excluding steroid dienone is 1. The summed E-state index contributed by atoms with van der Waals surface area (Å²) in [7, 11) is 0. The summed E-state index contributed by atoms with van der Waals surface area (Å²) in [6.45, 7) is 4.15. The molecule has 0 fully saturated rings. The molecule has 0 saturated heterocycles. The second-order valence-corrected chi connectivity index (χ2v) is 4.76. The van der Waals surface area contributed by atoms with E-state index < -0.39 is 0 Å². The van der Waals surface area contributed by atoms with Gasteiger partial charge in [-0.15, -0.1) is 0 Å². The number of halogens is 1. The number of hydrazine groups is 1. The van der Waals surface area contributed by atoms with Crippen molar-refractivity contribution < 1.29 is 0 Å². The van der Waals surface area contributed by atoms with Crippen LogP contribution in [-0.2, 0) is 6.42 Å². The van der Waals surface area contributed by atoms with E-state index in [0.29, 0.717) is 0 Å². The van der Waals surface area contributed by atoms with E-state index >= 15 is 0 Å². The second-order valence-electron chi connectivity index (χ2n) is 3.85. The first-order chi connectivity index (χ1) is 7.11. The number of hydrogen-bond acceptors (Lipinski definition) is 2. The third-order valence-electron chi connectivity index (χ3n) is 2.12. The Hall–Kier alpha value is -0.640. The summed E-state index contributed by atoms with van der Waals surface area (Å²) >= 11 is 3.42. The van der Waals surface area contributed by atoms with Gasteiger partial charge in [0.05, 0.1) is 0 Å². The molecule has 0 amide bonds. The average Bonchev–Trinajstić information content (AvgIpc) is 2.19. The highest BCUT2D eigenvalue weighted by molar-refractivity contribution is 9.10. The van der Waals surface area contributed by atoms with Gasteiger partial charge in [0, 0.05) is 10.5 Å². The number of nitrogens with two attached hydrogens (primary N) is 1. The Morgan fingerprint density at radius 2 is 2.00 bits per heavy atom. The van der Waals surface area contributed by atoms with Gasteiger partial charge in [-0.25, -0.2) is 0 Å². The summed E-state index contributed by atoms with van der Waals surface area (Å²) in [6.07, 6.45) is 3.05. The van der Waals surface area contributed by atoms with E-state index in [1.54, 1.807) is 0 Å². The molecule has 1 atom stereocenters. The van der Waals surface area contributed by atoms with Gasteiger partial charge in [0.15, 0.2) is 0 Å². The smallest absolute Gasteiger partial charge is 0.0433 e. The van der Waals surface area contributed by atoms with E-state index in [1.807, 2.05) is 12.1 Å². The van der Waals surface area contributed by atoms with Crippen LogP contribution in [0.15, 0.2) is 40.4 Å². The lowest BCUT2D eigenvalue weighted by Gasteiger charge is -2.12. The van der Waals surface area contributed by atoms with Crippen molar-refractivity contribution in [2.24, 2.45) is 5.84 Å². The molecule has 0 aliphatic rings. The van der Waals surface area contributed by atoms with Crippen LogP contribution < -0.4 is 11.3 Å². The molecule has 0 spiro atoms. The van der Waals surface area contributed by atoms with Gasteiger partial charge in [-0.2, -0.15) is 0 Å². The maximum Gasteiger partial charge on any atom is 0.0433 e. The van der Waals surface area contributed by atoms with Crippen molar-refractivity contribution in [3.05, 3.63) is 46.0 Å². The lowest BCUT2D eigenvalue weighted by atomic mass is 10.0. The maximum absolute atomic E-state index is 5.49. The molecular weight excluding hydrogens is 252 g/mol. The lowest BCUT2D eigenvalue weighted by Crippen LogP contribution is -2.35. The van der Waals surface area contributed by atoms with Gasteiger partial charge >= 0.3 is 0 Å². The minimum atomic E-state index is 0.205. The topological polar surface area (TPSA) is 38.0 Å². The molecule has 82 valence electrons. The largest absolute Gasteiger partial charge is 0.271 e. The van der Waals surface area contributed by atoms with Crippen LogP contribution in [0, 0.1) is 0 Å². The fraction of sp³-hybridized carbons (Fsp3) is 0.333. The molecule has 1 unspecified atom stereocenters. The van der Waals surface area contributed by atoms with Gasteiger partial charge < -0.3 is 0 Å². The zero-order chi connectivity index (χ0) is 11.3. The van der Waals surface area contributed by atoms with Crippen LogP contribution in [0.2, 0.25) is 0 Å². The van der Waals surface area contributed by atoms with E-state index in [2.05, 4.69) is 53.4 Å². The van der Waals surface area contributed by atoms with E-state index in [4.69, 9.17) is 5.84 Å². The molecule has 0 aliphatic heterocycles. The Bertz CT molecular complexity index is 326. The highest BCUT2D eigenvalue weighted by Crippen LogP contribution is 2.12. The van der Waals surface area contributed by atoms with Gasteiger partial charge in [0.2, 0.25) is 0 Å². The highest BCUT2D eigenvalue weighted by atomic mass is 79.9. The molecule has 0 bridgehead atoms. The van der Waals surface area contributed by atoms with Gasteiger partial charge in [-0.3, -0.25) is 11.3 Å². The maximum atomic E-state index is 5.49. The van der Waals surface area contributed by atoms with Gasteiger partial charge in [0.1, 0.15) is 0 Å². The zero-order valence-corrected chi connectivity index (χ0v) is 10.7. The molecule has 15 heavy (non-hydrogen) atoms. The van der Waals surface area contributed by atoms with Gasteiger partial charge in [-0.1, -0.05) is 39.7 Å². The first-order valence-corrected chi connectivity index (χ1v) is 5.76. The summed E-state index contributed by atoms with van der Waals surface area (Å²) < 4.78 is 1.10. The molecule has 0 radical (unpaired) electrons. The van der Waals surface area contributed by atoms with Gasteiger partial charge in [0.25, 0.3) is 0 Å². The summed E-state index contributed by atoms with van der Waals surface area (Å²) in [4.78, 5) is 0. The monoisotopic (exact) mass is 268 g/mol. The molecule has 1 aromatic carbocycles. The second kappa shape index (κ2) is 6.05.